The summed E-state index contributed by atoms with van der Waals surface area (Å²) in [6.07, 6.45) is 6.50. The van der Waals surface area contributed by atoms with Gasteiger partial charge in [-0.3, -0.25) is 9.78 Å². The summed E-state index contributed by atoms with van der Waals surface area (Å²) in [6, 6.07) is 7.24. The number of pyridine rings is 1. The Balaban J connectivity index is 1.77. The van der Waals surface area contributed by atoms with Crippen molar-refractivity contribution in [2.24, 2.45) is 0 Å². The highest BCUT2D eigenvalue weighted by Gasteiger charge is 2.29. The fourth-order valence-corrected chi connectivity index (χ4v) is 4.90. The zero-order valence-corrected chi connectivity index (χ0v) is 18.9. The van der Waals surface area contributed by atoms with Gasteiger partial charge in [-0.15, -0.1) is 0 Å². The van der Waals surface area contributed by atoms with Gasteiger partial charge in [0.1, 0.15) is 0 Å². The number of fused-ring (bicyclic) bond motifs is 5. The number of hydrogen-bond donors (Lipinski definition) is 1. The minimum atomic E-state index is -0.964. The number of rotatable bonds is 4. The molecule has 0 saturated carbocycles. The number of ether oxygens (including phenoxy) is 1. The lowest BCUT2D eigenvalue weighted by atomic mass is 9.91. The Bertz CT molecular complexity index is 1280. The number of amides is 1. The molecule has 1 unspecified atom stereocenters. The van der Waals surface area contributed by atoms with E-state index in [9.17, 15) is 14.7 Å². The summed E-state index contributed by atoms with van der Waals surface area (Å²) in [5.41, 5.74) is 5.85. The minimum Gasteiger partial charge on any atom is -0.478 e. The topological polar surface area (TPSA) is 84.7 Å². The number of carboxylic acid groups (broad SMARTS) is 1. The maximum absolute atomic E-state index is 13.5. The van der Waals surface area contributed by atoms with Crippen LogP contribution < -0.4 is 0 Å². The molecule has 33 heavy (non-hydrogen) atoms. The molecule has 0 bridgehead atoms. The van der Waals surface area contributed by atoms with Crippen molar-refractivity contribution in [3.05, 3.63) is 58.9 Å². The highest BCUT2D eigenvalue weighted by Crippen LogP contribution is 2.43. The van der Waals surface area contributed by atoms with Crippen LogP contribution in [0.25, 0.3) is 28.2 Å². The SMILES string of the molecule is CCC(C)c1c2n(c3cc(C(=O)O)ccc13)CC(C(=O)N1CCOCC1)=Cc1ccncc1-2. The Morgan fingerprint density at radius 1 is 1.21 bits per heavy atom. The fourth-order valence-electron chi connectivity index (χ4n) is 4.90. The molecule has 1 fully saturated rings. The van der Waals surface area contributed by atoms with Crippen LogP contribution in [-0.4, -0.2) is 57.7 Å². The van der Waals surface area contributed by atoms with Crippen LogP contribution in [-0.2, 0) is 16.1 Å². The van der Waals surface area contributed by atoms with E-state index >= 15 is 0 Å². The zero-order chi connectivity index (χ0) is 23.1. The Labute approximate surface area is 192 Å². The van der Waals surface area contributed by atoms with E-state index in [1.807, 2.05) is 29.3 Å². The molecule has 2 aliphatic rings. The number of benzene rings is 1. The van der Waals surface area contributed by atoms with Gasteiger partial charge in [-0.05, 0) is 47.7 Å². The molecular formula is C26H27N3O4. The molecule has 1 aromatic carbocycles. The number of aromatic carboxylic acids is 1. The standard InChI is InChI=1S/C26H27N3O4/c1-3-16(2)23-20-5-4-18(26(31)32)13-22(20)29-15-19(25(30)28-8-10-33-11-9-28)12-17-6-7-27-14-21(17)24(23)29/h4-7,12-14,16H,3,8-11,15H2,1-2H3,(H,31,32). The maximum atomic E-state index is 13.5. The van der Waals surface area contributed by atoms with Crippen LogP contribution in [0, 0.1) is 0 Å². The summed E-state index contributed by atoms with van der Waals surface area (Å²) in [4.78, 5) is 31.5. The lowest BCUT2D eigenvalue weighted by molar-refractivity contribution is -0.131. The number of morpholine rings is 1. The molecule has 4 heterocycles. The molecule has 0 spiro atoms. The third-order valence-corrected chi connectivity index (χ3v) is 6.80. The first kappa shape index (κ1) is 21.4. The molecule has 2 aliphatic heterocycles. The van der Waals surface area contributed by atoms with E-state index in [4.69, 9.17) is 4.74 Å². The van der Waals surface area contributed by atoms with Crippen molar-refractivity contribution in [3.8, 4) is 11.3 Å². The summed E-state index contributed by atoms with van der Waals surface area (Å²) < 4.78 is 7.54. The molecule has 3 aromatic rings. The molecule has 1 amide bonds. The van der Waals surface area contributed by atoms with Crippen molar-refractivity contribution < 1.29 is 19.4 Å². The summed E-state index contributed by atoms with van der Waals surface area (Å²) in [5, 5.41) is 10.7. The van der Waals surface area contributed by atoms with Crippen molar-refractivity contribution in [1.29, 1.82) is 0 Å². The first-order valence-corrected chi connectivity index (χ1v) is 11.4. The van der Waals surface area contributed by atoms with E-state index in [0.717, 1.165) is 34.1 Å². The minimum absolute atomic E-state index is 0.00441. The lowest BCUT2D eigenvalue weighted by Crippen LogP contribution is -2.41. The number of nitrogens with zero attached hydrogens (tertiary/aromatic N) is 3. The van der Waals surface area contributed by atoms with Crippen molar-refractivity contribution in [2.45, 2.75) is 32.7 Å². The van der Waals surface area contributed by atoms with E-state index < -0.39 is 5.97 Å². The van der Waals surface area contributed by atoms with Crippen LogP contribution in [0.1, 0.15) is 47.7 Å². The van der Waals surface area contributed by atoms with E-state index in [0.29, 0.717) is 38.4 Å². The first-order valence-electron chi connectivity index (χ1n) is 11.4. The average Bonchev–Trinajstić information content (AvgIpc) is 3.06. The van der Waals surface area contributed by atoms with Crippen LogP contribution in [0.5, 0.6) is 0 Å². The Kier molecular flexibility index (Phi) is 5.50. The van der Waals surface area contributed by atoms with E-state index in [-0.39, 0.29) is 17.4 Å². The smallest absolute Gasteiger partial charge is 0.335 e. The van der Waals surface area contributed by atoms with Gasteiger partial charge in [0.25, 0.3) is 5.91 Å². The summed E-state index contributed by atoms with van der Waals surface area (Å²) in [6.45, 7) is 6.93. The van der Waals surface area contributed by atoms with Crippen LogP contribution in [0.4, 0.5) is 0 Å². The third-order valence-electron chi connectivity index (χ3n) is 6.80. The van der Waals surface area contributed by atoms with Crippen LogP contribution in [0.3, 0.4) is 0 Å². The number of carboxylic acids is 1. The summed E-state index contributed by atoms with van der Waals surface area (Å²) in [7, 11) is 0. The van der Waals surface area contributed by atoms with Gasteiger partial charge in [0, 0.05) is 47.5 Å². The Hall–Kier alpha value is -3.45. The lowest BCUT2D eigenvalue weighted by Gasteiger charge is -2.28. The van der Waals surface area contributed by atoms with Crippen molar-refractivity contribution in [2.75, 3.05) is 26.3 Å². The van der Waals surface area contributed by atoms with Gasteiger partial charge >= 0.3 is 5.97 Å². The molecule has 1 N–H and O–H groups in total. The number of aromatic nitrogens is 2. The van der Waals surface area contributed by atoms with Gasteiger partial charge in [0.2, 0.25) is 0 Å². The highest BCUT2D eigenvalue weighted by molar-refractivity contribution is 6.03. The van der Waals surface area contributed by atoms with Gasteiger partial charge in [0.05, 0.1) is 31.0 Å². The van der Waals surface area contributed by atoms with Gasteiger partial charge < -0.3 is 19.3 Å². The predicted octanol–water partition coefficient (Wildman–Crippen LogP) is 4.17. The average molecular weight is 446 g/mol. The fraction of sp³-hybridized carbons (Fsp3) is 0.346. The van der Waals surface area contributed by atoms with E-state index in [1.165, 1.54) is 5.56 Å². The summed E-state index contributed by atoms with van der Waals surface area (Å²) in [5.74, 6) is -0.715. The van der Waals surface area contributed by atoms with Gasteiger partial charge in [0.15, 0.2) is 0 Å². The zero-order valence-electron chi connectivity index (χ0n) is 18.9. The maximum Gasteiger partial charge on any atom is 0.335 e. The number of hydrogen-bond acceptors (Lipinski definition) is 4. The van der Waals surface area contributed by atoms with Crippen LogP contribution in [0.15, 0.2) is 42.2 Å². The monoisotopic (exact) mass is 445 g/mol. The second-order valence-corrected chi connectivity index (χ2v) is 8.73. The number of carbonyl (C=O) groups is 2. The van der Waals surface area contributed by atoms with Gasteiger partial charge in [-0.2, -0.15) is 0 Å². The molecule has 7 nitrogen and oxygen atoms in total. The van der Waals surface area contributed by atoms with Crippen LogP contribution >= 0.6 is 0 Å². The second-order valence-electron chi connectivity index (χ2n) is 8.73. The molecule has 0 aliphatic carbocycles. The predicted molar refractivity (Wildman–Crippen MR) is 126 cm³/mol. The molecule has 7 heteroatoms. The Morgan fingerprint density at radius 2 is 2.00 bits per heavy atom. The quantitative estimate of drug-likeness (QED) is 0.652. The van der Waals surface area contributed by atoms with Crippen molar-refractivity contribution in [3.63, 3.8) is 0 Å². The molecule has 170 valence electrons. The largest absolute Gasteiger partial charge is 0.478 e. The number of carbonyl (C=O) groups excluding carboxylic acids is 1. The molecule has 2 aromatic heterocycles. The molecular weight excluding hydrogens is 418 g/mol. The molecule has 1 saturated heterocycles. The van der Waals surface area contributed by atoms with Crippen molar-refractivity contribution in [1.82, 2.24) is 14.5 Å². The normalized spacial score (nSPS) is 16.5. The van der Waals surface area contributed by atoms with Gasteiger partial charge in [-0.1, -0.05) is 19.9 Å². The van der Waals surface area contributed by atoms with Gasteiger partial charge in [-0.25, -0.2) is 4.79 Å². The van der Waals surface area contributed by atoms with Crippen molar-refractivity contribution >= 4 is 28.9 Å². The van der Waals surface area contributed by atoms with E-state index in [2.05, 4.69) is 23.4 Å². The van der Waals surface area contributed by atoms with Crippen LogP contribution in [0.2, 0.25) is 0 Å². The molecule has 5 rings (SSSR count). The van der Waals surface area contributed by atoms with E-state index in [1.54, 1.807) is 18.3 Å². The highest BCUT2D eigenvalue weighted by atomic mass is 16.5. The summed E-state index contributed by atoms with van der Waals surface area (Å²) >= 11 is 0. The second kappa shape index (κ2) is 8.48. The third kappa shape index (κ3) is 3.62. The first-order chi connectivity index (χ1) is 16.0. The molecule has 1 atom stereocenters. The Morgan fingerprint density at radius 3 is 2.73 bits per heavy atom. The molecule has 0 radical (unpaired) electrons.